The minimum atomic E-state index is -1.45. The van der Waals surface area contributed by atoms with E-state index >= 15 is 0 Å². The summed E-state index contributed by atoms with van der Waals surface area (Å²) < 4.78 is 12.3. The zero-order valence-corrected chi connectivity index (χ0v) is 10.9. The average molecular weight is 267 g/mol. The van der Waals surface area contributed by atoms with Crippen molar-refractivity contribution in [2.75, 3.05) is 6.67 Å². The van der Waals surface area contributed by atoms with Crippen LogP contribution in [0.4, 0.5) is 4.39 Å². The number of rotatable bonds is 7. The van der Waals surface area contributed by atoms with Crippen molar-refractivity contribution in [2.45, 2.75) is 32.2 Å². The van der Waals surface area contributed by atoms with E-state index in [1.165, 1.54) is 5.56 Å². The Kier molecular flexibility index (Phi) is 5.99. The summed E-state index contributed by atoms with van der Waals surface area (Å²) >= 11 is 0. The van der Waals surface area contributed by atoms with Crippen LogP contribution in [0.5, 0.6) is 0 Å². The molecule has 19 heavy (non-hydrogen) atoms. The van der Waals surface area contributed by atoms with E-state index in [-0.39, 0.29) is 6.42 Å². The fourth-order valence-electron chi connectivity index (χ4n) is 1.63. The Bertz CT molecular complexity index is 431. The first-order valence-electron chi connectivity index (χ1n) is 6.22. The summed E-state index contributed by atoms with van der Waals surface area (Å²) in [6.07, 6.45) is 1.61. The third kappa shape index (κ3) is 5.07. The van der Waals surface area contributed by atoms with Crippen LogP contribution >= 0.6 is 0 Å². The zero-order chi connectivity index (χ0) is 14.3. The van der Waals surface area contributed by atoms with Gasteiger partial charge in [0.15, 0.2) is 6.04 Å². The Morgan fingerprint density at radius 3 is 2.32 bits per heavy atom. The largest absolute Gasteiger partial charge is 0.480 e. The maximum atomic E-state index is 12.3. The number of aliphatic carboxylic acids is 1. The average Bonchev–Trinajstić information content (AvgIpc) is 2.42. The number of carbonyl (C=O) groups is 2. The fourth-order valence-corrected chi connectivity index (χ4v) is 1.63. The van der Waals surface area contributed by atoms with Crippen molar-refractivity contribution in [3.8, 4) is 0 Å². The summed E-state index contributed by atoms with van der Waals surface area (Å²) in [5.41, 5.74) is 2.22. The lowest BCUT2D eigenvalue weighted by Crippen LogP contribution is -2.42. The lowest BCUT2D eigenvalue weighted by atomic mass is 10.1. The van der Waals surface area contributed by atoms with E-state index < -0.39 is 24.6 Å². The molecule has 1 atom stereocenters. The molecule has 0 saturated heterocycles. The van der Waals surface area contributed by atoms with Crippen LogP contribution in [0.3, 0.4) is 0 Å². The molecule has 0 bridgehead atoms. The van der Waals surface area contributed by atoms with E-state index in [9.17, 15) is 14.0 Å². The van der Waals surface area contributed by atoms with Gasteiger partial charge in [-0.2, -0.15) is 0 Å². The molecule has 0 aliphatic heterocycles. The van der Waals surface area contributed by atoms with Gasteiger partial charge in [-0.25, -0.2) is 9.18 Å². The van der Waals surface area contributed by atoms with Gasteiger partial charge in [0.05, 0.1) is 0 Å². The van der Waals surface area contributed by atoms with Crippen molar-refractivity contribution in [3.05, 3.63) is 35.4 Å². The highest BCUT2D eigenvalue weighted by molar-refractivity contribution is 5.83. The Morgan fingerprint density at radius 1 is 1.26 bits per heavy atom. The molecule has 0 fully saturated rings. The maximum Gasteiger partial charge on any atom is 0.328 e. The van der Waals surface area contributed by atoms with Crippen molar-refractivity contribution in [1.29, 1.82) is 0 Å². The van der Waals surface area contributed by atoms with Gasteiger partial charge in [0.2, 0.25) is 5.91 Å². The van der Waals surface area contributed by atoms with E-state index in [1.807, 2.05) is 24.3 Å². The number of carboxylic acids is 1. The highest BCUT2D eigenvalue weighted by Crippen LogP contribution is 2.07. The molecule has 0 aromatic heterocycles. The van der Waals surface area contributed by atoms with Gasteiger partial charge in [0.1, 0.15) is 6.67 Å². The number of carboxylic acid groups (broad SMARTS) is 1. The second-order valence-corrected chi connectivity index (χ2v) is 4.28. The molecule has 0 radical (unpaired) electrons. The van der Waals surface area contributed by atoms with E-state index in [2.05, 4.69) is 12.2 Å². The first-order valence-corrected chi connectivity index (χ1v) is 6.22. The Labute approximate surface area is 111 Å². The van der Waals surface area contributed by atoms with Crippen LogP contribution in [0.1, 0.15) is 24.5 Å². The van der Waals surface area contributed by atoms with Gasteiger partial charge in [-0.05, 0) is 24.0 Å². The zero-order valence-electron chi connectivity index (χ0n) is 10.9. The van der Waals surface area contributed by atoms with Gasteiger partial charge in [0.25, 0.3) is 0 Å². The van der Waals surface area contributed by atoms with E-state index in [0.29, 0.717) is 6.42 Å². The SMILES string of the molecule is CCc1ccc(CCC(=O)NC(CF)C(=O)O)cc1. The van der Waals surface area contributed by atoms with E-state index in [4.69, 9.17) is 5.11 Å². The molecule has 5 heteroatoms. The van der Waals surface area contributed by atoms with Gasteiger partial charge in [-0.1, -0.05) is 31.2 Å². The molecule has 0 aliphatic rings. The summed E-state index contributed by atoms with van der Waals surface area (Å²) in [4.78, 5) is 22.0. The Balaban J connectivity index is 2.42. The Hall–Kier alpha value is -1.91. The summed E-state index contributed by atoms with van der Waals surface area (Å²) in [7, 11) is 0. The number of carbonyl (C=O) groups excluding carboxylic acids is 1. The van der Waals surface area contributed by atoms with Gasteiger partial charge in [-0.3, -0.25) is 4.79 Å². The van der Waals surface area contributed by atoms with Crippen molar-refractivity contribution in [1.82, 2.24) is 5.32 Å². The van der Waals surface area contributed by atoms with Gasteiger partial charge < -0.3 is 10.4 Å². The topological polar surface area (TPSA) is 66.4 Å². The van der Waals surface area contributed by atoms with E-state index in [1.54, 1.807) is 0 Å². The summed E-state index contributed by atoms with van der Waals surface area (Å²) in [5.74, 6) is -1.81. The van der Waals surface area contributed by atoms with Gasteiger partial charge >= 0.3 is 5.97 Å². The molecular weight excluding hydrogens is 249 g/mol. The van der Waals surface area contributed by atoms with Crippen molar-refractivity contribution in [3.63, 3.8) is 0 Å². The normalized spacial score (nSPS) is 11.9. The number of hydrogen-bond acceptors (Lipinski definition) is 2. The number of hydrogen-bond donors (Lipinski definition) is 2. The van der Waals surface area contributed by atoms with Crippen LogP contribution in [0.2, 0.25) is 0 Å². The highest BCUT2D eigenvalue weighted by Gasteiger charge is 2.19. The third-order valence-corrected chi connectivity index (χ3v) is 2.86. The molecule has 1 amide bonds. The van der Waals surface area contributed by atoms with Crippen molar-refractivity contribution < 1.29 is 19.1 Å². The molecule has 104 valence electrons. The number of amides is 1. The van der Waals surface area contributed by atoms with Crippen LogP contribution in [-0.2, 0) is 22.4 Å². The van der Waals surface area contributed by atoms with Crippen LogP contribution < -0.4 is 5.32 Å². The van der Waals surface area contributed by atoms with Crippen LogP contribution in [0, 0.1) is 0 Å². The molecule has 0 spiro atoms. The summed E-state index contributed by atoms with van der Waals surface area (Å²) in [6.45, 7) is 0.956. The highest BCUT2D eigenvalue weighted by atomic mass is 19.1. The summed E-state index contributed by atoms with van der Waals surface area (Å²) in [5, 5.41) is 10.8. The first-order chi connectivity index (χ1) is 9.06. The van der Waals surface area contributed by atoms with Gasteiger partial charge in [0, 0.05) is 6.42 Å². The lowest BCUT2D eigenvalue weighted by molar-refractivity contribution is -0.142. The quantitative estimate of drug-likeness (QED) is 0.790. The molecule has 1 aromatic carbocycles. The molecule has 1 rings (SSSR count). The molecule has 0 heterocycles. The molecule has 2 N–H and O–H groups in total. The minimum absolute atomic E-state index is 0.148. The number of alkyl halides is 1. The first kappa shape index (κ1) is 15.1. The van der Waals surface area contributed by atoms with Crippen molar-refractivity contribution in [2.24, 2.45) is 0 Å². The third-order valence-electron chi connectivity index (χ3n) is 2.86. The number of nitrogens with one attached hydrogen (secondary N) is 1. The van der Waals surface area contributed by atoms with Crippen molar-refractivity contribution >= 4 is 11.9 Å². The smallest absolute Gasteiger partial charge is 0.328 e. The molecule has 1 aromatic rings. The predicted octanol–water partition coefficient (Wildman–Crippen LogP) is 1.72. The summed E-state index contributed by atoms with van der Waals surface area (Å²) in [6, 6.07) is 6.42. The standard InChI is InChI=1S/C14H18FNO3/c1-2-10-3-5-11(6-4-10)7-8-13(17)16-12(9-15)14(18)19/h3-6,12H,2,7-9H2,1H3,(H,16,17)(H,18,19). The Morgan fingerprint density at radius 2 is 1.84 bits per heavy atom. The molecule has 0 saturated carbocycles. The molecule has 0 aliphatic carbocycles. The number of benzene rings is 1. The molecular formula is C14H18FNO3. The van der Waals surface area contributed by atoms with Crippen LogP contribution in [0.25, 0.3) is 0 Å². The van der Waals surface area contributed by atoms with E-state index in [0.717, 1.165) is 12.0 Å². The fraction of sp³-hybridized carbons (Fsp3) is 0.429. The maximum absolute atomic E-state index is 12.3. The van der Waals surface area contributed by atoms with Crippen LogP contribution in [0.15, 0.2) is 24.3 Å². The number of halogens is 1. The molecule has 1 unspecified atom stereocenters. The predicted molar refractivity (Wildman–Crippen MR) is 69.7 cm³/mol. The molecule has 4 nitrogen and oxygen atoms in total. The second-order valence-electron chi connectivity index (χ2n) is 4.28. The monoisotopic (exact) mass is 267 g/mol. The minimum Gasteiger partial charge on any atom is -0.480 e. The van der Waals surface area contributed by atoms with Crippen LogP contribution in [-0.4, -0.2) is 29.7 Å². The van der Waals surface area contributed by atoms with Gasteiger partial charge in [-0.15, -0.1) is 0 Å². The number of aryl methyl sites for hydroxylation is 2. The lowest BCUT2D eigenvalue weighted by Gasteiger charge is -2.10. The second kappa shape index (κ2) is 7.51.